The zero-order valence-electron chi connectivity index (χ0n) is 11.9. The largest absolute Gasteiger partial charge is 0.345 e. The number of carbonyl (C=O) groups excluding carboxylic acids is 1. The summed E-state index contributed by atoms with van der Waals surface area (Å²) in [6.45, 7) is 2.29. The molecule has 108 valence electrons. The molecule has 1 saturated carbocycles. The highest BCUT2D eigenvalue weighted by molar-refractivity contribution is 7.07. The van der Waals surface area contributed by atoms with Crippen molar-refractivity contribution in [2.24, 2.45) is 0 Å². The molecule has 1 amide bonds. The van der Waals surface area contributed by atoms with Gasteiger partial charge < -0.3 is 4.90 Å². The zero-order valence-corrected chi connectivity index (χ0v) is 12.7. The first-order chi connectivity index (χ1) is 9.70. The van der Waals surface area contributed by atoms with Crippen LogP contribution >= 0.6 is 11.3 Å². The van der Waals surface area contributed by atoms with Crippen molar-refractivity contribution < 1.29 is 4.79 Å². The lowest BCUT2D eigenvalue weighted by Crippen LogP contribution is -2.33. The van der Waals surface area contributed by atoms with Crippen molar-refractivity contribution >= 4 is 17.2 Å². The second-order valence-corrected chi connectivity index (χ2v) is 6.09. The van der Waals surface area contributed by atoms with E-state index >= 15 is 0 Å². The highest BCUT2D eigenvalue weighted by Gasteiger charge is 2.29. The Balaban J connectivity index is 1.77. The van der Waals surface area contributed by atoms with Crippen molar-refractivity contribution in [1.29, 1.82) is 5.26 Å². The number of hydrogen-bond acceptors (Lipinski definition) is 4. The second kappa shape index (κ2) is 7.41. The Bertz CT molecular complexity index is 462. The minimum atomic E-state index is 0.135. The van der Waals surface area contributed by atoms with Crippen LogP contribution in [0.15, 0.2) is 16.8 Å². The molecule has 0 radical (unpaired) electrons. The molecule has 0 aromatic carbocycles. The monoisotopic (exact) mass is 291 g/mol. The number of nitrogens with zero attached hydrogens (tertiary/aromatic N) is 3. The van der Waals surface area contributed by atoms with Crippen LogP contribution in [-0.2, 0) is 11.3 Å². The highest BCUT2D eigenvalue weighted by atomic mass is 32.1. The molecule has 0 aliphatic heterocycles. The average molecular weight is 291 g/mol. The van der Waals surface area contributed by atoms with Gasteiger partial charge in [0, 0.05) is 39.1 Å². The Morgan fingerprint density at radius 1 is 1.50 bits per heavy atom. The van der Waals surface area contributed by atoms with E-state index in [2.05, 4.69) is 27.8 Å². The van der Waals surface area contributed by atoms with Crippen molar-refractivity contribution in [2.75, 3.05) is 20.1 Å². The number of hydrogen-bond donors (Lipinski definition) is 0. The van der Waals surface area contributed by atoms with Gasteiger partial charge in [-0.15, -0.1) is 0 Å². The van der Waals surface area contributed by atoms with E-state index in [1.165, 1.54) is 18.4 Å². The number of nitriles is 1. The number of rotatable bonds is 8. The van der Waals surface area contributed by atoms with Crippen molar-refractivity contribution in [3.05, 3.63) is 22.4 Å². The van der Waals surface area contributed by atoms with Crippen LogP contribution in [0.2, 0.25) is 0 Å². The van der Waals surface area contributed by atoms with E-state index in [1.807, 2.05) is 0 Å². The first-order valence-corrected chi connectivity index (χ1v) is 8.01. The zero-order chi connectivity index (χ0) is 14.4. The van der Waals surface area contributed by atoms with Gasteiger partial charge in [-0.3, -0.25) is 9.69 Å². The van der Waals surface area contributed by atoms with Crippen molar-refractivity contribution in [2.45, 2.75) is 38.3 Å². The fraction of sp³-hybridized carbons (Fsp3) is 0.600. The molecule has 1 heterocycles. The Morgan fingerprint density at radius 2 is 2.30 bits per heavy atom. The minimum Gasteiger partial charge on any atom is -0.345 e. The summed E-state index contributed by atoms with van der Waals surface area (Å²) >= 11 is 1.72. The minimum absolute atomic E-state index is 0.135. The number of thiophene rings is 1. The van der Waals surface area contributed by atoms with Crippen LogP contribution in [0.3, 0.4) is 0 Å². The van der Waals surface area contributed by atoms with Gasteiger partial charge in [-0.1, -0.05) is 0 Å². The summed E-state index contributed by atoms with van der Waals surface area (Å²) in [7, 11) is 1.78. The predicted molar refractivity (Wildman–Crippen MR) is 80.2 cm³/mol. The second-order valence-electron chi connectivity index (χ2n) is 5.31. The number of amides is 1. The third-order valence-electron chi connectivity index (χ3n) is 3.63. The molecule has 5 heteroatoms. The molecule has 0 saturated heterocycles. The van der Waals surface area contributed by atoms with Crippen LogP contribution in [0.5, 0.6) is 0 Å². The standard InChI is InChI=1S/C15H21N3OS/c1-17(8-2-7-16)15(19)5-9-18(14-3-4-14)11-13-6-10-20-12-13/h6,10,12,14H,2-5,8-9,11H2,1H3. The van der Waals surface area contributed by atoms with Gasteiger partial charge in [0.05, 0.1) is 12.5 Å². The molecule has 1 aliphatic rings. The van der Waals surface area contributed by atoms with Crippen LogP contribution in [0.1, 0.15) is 31.2 Å². The van der Waals surface area contributed by atoms with Gasteiger partial charge in [-0.25, -0.2) is 0 Å². The van der Waals surface area contributed by atoms with E-state index in [9.17, 15) is 4.79 Å². The maximum absolute atomic E-state index is 12.0. The smallest absolute Gasteiger partial charge is 0.223 e. The van der Waals surface area contributed by atoms with E-state index in [-0.39, 0.29) is 5.91 Å². The van der Waals surface area contributed by atoms with Gasteiger partial charge in [0.1, 0.15) is 0 Å². The fourth-order valence-corrected chi connectivity index (χ4v) is 2.88. The molecule has 1 aromatic heterocycles. The van der Waals surface area contributed by atoms with Gasteiger partial charge >= 0.3 is 0 Å². The molecule has 0 atom stereocenters. The molecule has 0 spiro atoms. The molecule has 1 aliphatic carbocycles. The Labute approximate surface area is 124 Å². The van der Waals surface area contributed by atoms with Crippen LogP contribution in [-0.4, -0.2) is 41.9 Å². The van der Waals surface area contributed by atoms with E-state index in [0.717, 1.165) is 13.1 Å². The van der Waals surface area contributed by atoms with E-state index in [1.54, 1.807) is 23.3 Å². The Hall–Kier alpha value is -1.38. The molecule has 1 fully saturated rings. The first-order valence-electron chi connectivity index (χ1n) is 7.06. The third-order valence-corrected chi connectivity index (χ3v) is 4.36. The summed E-state index contributed by atoms with van der Waals surface area (Å²) < 4.78 is 0. The van der Waals surface area contributed by atoms with Gasteiger partial charge in [-0.05, 0) is 35.2 Å². The average Bonchev–Trinajstić information content (AvgIpc) is 3.17. The highest BCUT2D eigenvalue weighted by Crippen LogP contribution is 2.28. The van der Waals surface area contributed by atoms with E-state index < -0.39 is 0 Å². The van der Waals surface area contributed by atoms with E-state index in [0.29, 0.717) is 25.4 Å². The number of carbonyl (C=O) groups is 1. The molecule has 0 bridgehead atoms. The molecule has 0 unspecified atom stereocenters. The Kier molecular flexibility index (Phi) is 5.57. The van der Waals surface area contributed by atoms with Crippen molar-refractivity contribution in [1.82, 2.24) is 9.80 Å². The fourth-order valence-electron chi connectivity index (χ4n) is 2.22. The van der Waals surface area contributed by atoms with Gasteiger partial charge in [0.2, 0.25) is 5.91 Å². The van der Waals surface area contributed by atoms with Crippen LogP contribution < -0.4 is 0 Å². The van der Waals surface area contributed by atoms with Crippen LogP contribution in [0, 0.1) is 11.3 Å². The summed E-state index contributed by atoms with van der Waals surface area (Å²) in [6, 6.07) is 4.89. The van der Waals surface area contributed by atoms with Gasteiger partial charge in [0.15, 0.2) is 0 Å². The predicted octanol–water partition coefficient (Wildman–Crippen LogP) is 2.47. The van der Waals surface area contributed by atoms with Crippen LogP contribution in [0.25, 0.3) is 0 Å². The van der Waals surface area contributed by atoms with Gasteiger partial charge in [0.25, 0.3) is 0 Å². The molecule has 4 nitrogen and oxygen atoms in total. The summed E-state index contributed by atoms with van der Waals surface area (Å²) in [5, 5.41) is 12.8. The third kappa shape index (κ3) is 4.62. The Morgan fingerprint density at radius 3 is 2.90 bits per heavy atom. The van der Waals surface area contributed by atoms with E-state index in [4.69, 9.17) is 5.26 Å². The quantitative estimate of drug-likeness (QED) is 0.739. The maximum Gasteiger partial charge on any atom is 0.223 e. The lowest BCUT2D eigenvalue weighted by molar-refractivity contribution is -0.130. The summed E-state index contributed by atoms with van der Waals surface area (Å²) in [5.41, 5.74) is 1.34. The SMILES string of the molecule is CN(CCC#N)C(=O)CCN(Cc1ccsc1)C1CC1. The lowest BCUT2D eigenvalue weighted by atomic mass is 10.2. The molecular weight excluding hydrogens is 270 g/mol. The van der Waals surface area contributed by atoms with Crippen molar-refractivity contribution in [3.63, 3.8) is 0 Å². The topological polar surface area (TPSA) is 47.3 Å². The normalized spacial score (nSPS) is 14.2. The lowest BCUT2D eigenvalue weighted by Gasteiger charge is -2.23. The molecular formula is C15H21N3OS. The molecule has 0 N–H and O–H groups in total. The summed E-state index contributed by atoms with van der Waals surface area (Å²) in [5.74, 6) is 0.135. The summed E-state index contributed by atoms with van der Waals surface area (Å²) in [4.78, 5) is 16.1. The van der Waals surface area contributed by atoms with Crippen LogP contribution in [0.4, 0.5) is 0 Å². The molecule has 2 rings (SSSR count). The summed E-state index contributed by atoms with van der Waals surface area (Å²) in [6.07, 6.45) is 3.46. The first kappa shape index (κ1) is 15.0. The maximum atomic E-state index is 12.0. The molecule has 1 aromatic rings. The van der Waals surface area contributed by atoms with Gasteiger partial charge in [-0.2, -0.15) is 16.6 Å². The molecule has 20 heavy (non-hydrogen) atoms. The van der Waals surface area contributed by atoms with Crippen molar-refractivity contribution in [3.8, 4) is 6.07 Å².